The van der Waals surface area contributed by atoms with Gasteiger partial charge in [-0.1, -0.05) is 39.8 Å². The molecule has 0 radical (unpaired) electrons. The van der Waals surface area contributed by atoms with Crippen molar-refractivity contribution in [2.45, 2.75) is 58.4 Å². The van der Waals surface area contributed by atoms with Crippen molar-refractivity contribution in [3.05, 3.63) is 29.8 Å². The van der Waals surface area contributed by atoms with E-state index in [1.54, 1.807) is 6.07 Å². The van der Waals surface area contributed by atoms with E-state index in [1.807, 2.05) is 12.1 Å². The van der Waals surface area contributed by atoms with Gasteiger partial charge in [-0.2, -0.15) is 0 Å². The molecule has 0 amide bonds. The third-order valence-electron chi connectivity index (χ3n) is 5.89. The van der Waals surface area contributed by atoms with E-state index in [4.69, 9.17) is 5.73 Å². The second-order valence-corrected chi connectivity index (χ2v) is 7.97. The van der Waals surface area contributed by atoms with E-state index in [1.165, 1.54) is 18.4 Å². The Morgan fingerprint density at radius 2 is 2.09 bits per heavy atom. The second kappa shape index (κ2) is 7.67. The van der Waals surface area contributed by atoms with Crippen LogP contribution in [0.2, 0.25) is 0 Å². The zero-order valence-corrected chi connectivity index (χ0v) is 15.3. The van der Waals surface area contributed by atoms with E-state index < -0.39 is 0 Å². The van der Waals surface area contributed by atoms with E-state index in [9.17, 15) is 5.11 Å². The zero-order valence-electron chi connectivity index (χ0n) is 15.3. The Morgan fingerprint density at radius 3 is 2.65 bits per heavy atom. The first-order valence-corrected chi connectivity index (χ1v) is 9.10. The number of nitrogens with zero attached hydrogens (tertiary/aromatic N) is 1. The first-order chi connectivity index (χ1) is 10.9. The molecule has 1 heterocycles. The van der Waals surface area contributed by atoms with E-state index in [-0.39, 0.29) is 5.41 Å². The summed E-state index contributed by atoms with van der Waals surface area (Å²) in [6.45, 7) is 12.2. The van der Waals surface area contributed by atoms with Crippen LogP contribution in [0.4, 0.5) is 0 Å². The minimum Gasteiger partial charge on any atom is -0.508 e. The molecule has 1 fully saturated rings. The lowest BCUT2D eigenvalue weighted by molar-refractivity contribution is 0.0718. The van der Waals surface area contributed by atoms with Crippen LogP contribution in [0, 0.1) is 11.8 Å². The van der Waals surface area contributed by atoms with Crippen LogP contribution in [0.25, 0.3) is 0 Å². The Bertz CT molecular complexity index is 502. The fourth-order valence-electron chi connectivity index (χ4n) is 3.86. The number of piperidine rings is 1. The Hall–Kier alpha value is -1.06. The fourth-order valence-corrected chi connectivity index (χ4v) is 3.86. The maximum atomic E-state index is 9.82. The lowest BCUT2D eigenvalue weighted by atomic mass is 9.67. The molecular weight excluding hydrogens is 284 g/mol. The number of phenolic OH excluding ortho intramolecular Hbond substituents is 1. The Labute approximate surface area is 141 Å². The minimum atomic E-state index is 0.131. The maximum absolute atomic E-state index is 9.82. The van der Waals surface area contributed by atoms with Crippen molar-refractivity contribution in [1.82, 2.24) is 4.90 Å². The van der Waals surface area contributed by atoms with Crippen molar-refractivity contribution in [3.8, 4) is 5.75 Å². The van der Waals surface area contributed by atoms with Gasteiger partial charge in [-0.3, -0.25) is 4.90 Å². The van der Waals surface area contributed by atoms with Gasteiger partial charge in [0, 0.05) is 19.1 Å². The number of hydrogen-bond donors (Lipinski definition) is 2. The van der Waals surface area contributed by atoms with Crippen LogP contribution in [-0.4, -0.2) is 35.7 Å². The number of nitrogens with two attached hydrogens (primary N) is 1. The van der Waals surface area contributed by atoms with E-state index in [0.29, 0.717) is 17.7 Å². The van der Waals surface area contributed by atoms with E-state index >= 15 is 0 Å². The van der Waals surface area contributed by atoms with Gasteiger partial charge in [-0.15, -0.1) is 0 Å². The predicted molar refractivity (Wildman–Crippen MR) is 97.7 cm³/mol. The molecule has 1 saturated heterocycles. The third-order valence-corrected chi connectivity index (χ3v) is 5.89. The topological polar surface area (TPSA) is 49.5 Å². The van der Waals surface area contributed by atoms with Gasteiger partial charge in [-0.25, -0.2) is 0 Å². The molecule has 0 saturated carbocycles. The smallest absolute Gasteiger partial charge is 0.115 e. The average Bonchev–Trinajstić information content (AvgIpc) is 2.51. The molecule has 1 aliphatic heterocycles. The Morgan fingerprint density at radius 1 is 1.35 bits per heavy atom. The fraction of sp³-hybridized carbons (Fsp3) is 0.700. The summed E-state index contributed by atoms with van der Waals surface area (Å²) in [5, 5.41) is 9.82. The van der Waals surface area contributed by atoms with Gasteiger partial charge in [0.2, 0.25) is 0 Å². The van der Waals surface area contributed by atoms with Gasteiger partial charge in [0.1, 0.15) is 5.75 Å². The van der Waals surface area contributed by atoms with Crippen molar-refractivity contribution in [3.63, 3.8) is 0 Å². The molecule has 2 rings (SSSR count). The number of rotatable bonds is 6. The molecule has 0 aliphatic carbocycles. The van der Waals surface area contributed by atoms with Crippen LogP contribution in [0.15, 0.2) is 24.3 Å². The number of benzene rings is 1. The number of likely N-dealkylation sites (tertiary alicyclic amines) is 1. The largest absolute Gasteiger partial charge is 0.508 e. The van der Waals surface area contributed by atoms with Crippen molar-refractivity contribution in [2.24, 2.45) is 17.6 Å². The predicted octanol–water partition coefficient (Wildman–Crippen LogP) is 3.76. The monoisotopic (exact) mass is 318 g/mol. The van der Waals surface area contributed by atoms with Gasteiger partial charge < -0.3 is 10.8 Å². The summed E-state index contributed by atoms with van der Waals surface area (Å²) in [5.74, 6) is 1.66. The molecule has 3 N–H and O–H groups in total. The van der Waals surface area contributed by atoms with Gasteiger partial charge in [0.15, 0.2) is 0 Å². The van der Waals surface area contributed by atoms with Crippen molar-refractivity contribution < 1.29 is 5.11 Å². The minimum absolute atomic E-state index is 0.131. The molecule has 130 valence electrons. The molecule has 0 aromatic heterocycles. The molecule has 0 bridgehead atoms. The number of hydrogen-bond acceptors (Lipinski definition) is 3. The Kier molecular flexibility index (Phi) is 6.10. The molecule has 1 aliphatic rings. The van der Waals surface area contributed by atoms with Crippen LogP contribution in [0.1, 0.15) is 52.5 Å². The van der Waals surface area contributed by atoms with Crippen molar-refractivity contribution >= 4 is 0 Å². The first-order valence-electron chi connectivity index (χ1n) is 9.10. The van der Waals surface area contributed by atoms with Gasteiger partial charge in [0.25, 0.3) is 0 Å². The molecule has 3 atom stereocenters. The number of aromatic hydroxyl groups is 1. The molecule has 3 nitrogen and oxygen atoms in total. The van der Waals surface area contributed by atoms with Crippen molar-refractivity contribution in [2.75, 3.05) is 19.6 Å². The van der Waals surface area contributed by atoms with Crippen LogP contribution < -0.4 is 5.73 Å². The highest BCUT2D eigenvalue weighted by atomic mass is 16.3. The molecule has 1 aromatic rings. The normalized spacial score (nSPS) is 27.3. The zero-order chi connectivity index (χ0) is 17.0. The maximum Gasteiger partial charge on any atom is 0.115 e. The Balaban J connectivity index is 2.06. The van der Waals surface area contributed by atoms with Crippen molar-refractivity contribution in [1.29, 1.82) is 0 Å². The summed E-state index contributed by atoms with van der Waals surface area (Å²) in [6, 6.07) is 8.31. The molecule has 23 heavy (non-hydrogen) atoms. The highest BCUT2D eigenvalue weighted by Crippen LogP contribution is 2.40. The second-order valence-electron chi connectivity index (χ2n) is 7.97. The lowest BCUT2D eigenvalue weighted by Crippen LogP contribution is -2.52. The average molecular weight is 319 g/mol. The van der Waals surface area contributed by atoms with Crippen LogP contribution >= 0.6 is 0 Å². The SMILES string of the molecule is CC(C)CCC(CN)N1CCC(C)(c2cccc(O)c2)C(C)C1. The van der Waals surface area contributed by atoms with Crippen LogP contribution in [0.3, 0.4) is 0 Å². The summed E-state index contributed by atoms with van der Waals surface area (Å²) < 4.78 is 0. The molecule has 1 aromatic carbocycles. The van der Waals surface area contributed by atoms with E-state index in [0.717, 1.165) is 32.0 Å². The van der Waals surface area contributed by atoms with Gasteiger partial charge in [-0.05, 0) is 60.8 Å². The third kappa shape index (κ3) is 4.27. The van der Waals surface area contributed by atoms with Crippen LogP contribution in [0.5, 0.6) is 5.75 Å². The molecule has 3 unspecified atom stereocenters. The summed E-state index contributed by atoms with van der Waals surface area (Å²) >= 11 is 0. The van der Waals surface area contributed by atoms with Crippen LogP contribution in [-0.2, 0) is 5.41 Å². The van der Waals surface area contributed by atoms with Gasteiger partial charge >= 0.3 is 0 Å². The molecular formula is C20H34N2O. The summed E-state index contributed by atoms with van der Waals surface area (Å²) in [4.78, 5) is 2.59. The summed E-state index contributed by atoms with van der Waals surface area (Å²) in [5.41, 5.74) is 7.45. The van der Waals surface area contributed by atoms with Gasteiger partial charge in [0.05, 0.1) is 0 Å². The highest BCUT2D eigenvalue weighted by Gasteiger charge is 2.39. The molecule has 0 spiro atoms. The summed E-state index contributed by atoms with van der Waals surface area (Å²) in [6.07, 6.45) is 3.57. The first kappa shape index (κ1) is 18.3. The summed E-state index contributed by atoms with van der Waals surface area (Å²) in [7, 11) is 0. The quantitative estimate of drug-likeness (QED) is 0.840. The standard InChI is InChI=1S/C20H34N2O/c1-15(2)8-9-18(13-21)22-11-10-20(4,16(3)14-22)17-6-5-7-19(23)12-17/h5-7,12,15-16,18,23H,8-11,13-14,21H2,1-4H3. The lowest BCUT2D eigenvalue weighted by Gasteiger charge is -2.47. The number of phenols is 1. The van der Waals surface area contributed by atoms with E-state index in [2.05, 4.69) is 38.7 Å². The highest BCUT2D eigenvalue weighted by molar-refractivity contribution is 5.33. The molecule has 3 heteroatoms.